The lowest BCUT2D eigenvalue weighted by atomic mass is 9.95. The molecular formula is C30H45N5O5. The van der Waals surface area contributed by atoms with E-state index in [1.54, 1.807) is 32.9 Å². The Bertz CT molecular complexity index is 1110. The number of benzene rings is 2. The van der Waals surface area contributed by atoms with Crippen molar-refractivity contribution in [2.75, 3.05) is 13.1 Å². The van der Waals surface area contributed by atoms with Gasteiger partial charge < -0.3 is 37.3 Å². The van der Waals surface area contributed by atoms with Crippen molar-refractivity contribution >= 4 is 17.9 Å². The lowest BCUT2D eigenvalue weighted by Crippen LogP contribution is -2.55. The first-order valence-electron chi connectivity index (χ1n) is 13.6. The van der Waals surface area contributed by atoms with Crippen LogP contribution in [0.1, 0.15) is 55.9 Å². The third-order valence-corrected chi connectivity index (χ3v) is 6.31. The molecule has 40 heavy (non-hydrogen) atoms. The first kappa shape index (κ1) is 32.6. The van der Waals surface area contributed by atoms with Gasteiger partial charge in [-0.3, -0.25) is 9.59 Å². The highest BCUT2D eigenvalue weighted by atomic mass is 16.6. The van der Waals surface area contributed by atoms with Crippen molar-refractivity contribution < 1.29 is 24.2 Å². The van der Waals surface area contributed by atoms with E-state index in [4.69, 9.17) is 16.2 Å². The molecule has 0 radical (unpaired) electrons. The molecule has 0 bridgehead atoms. The summed E-state index contributed by atoms with van der Waals surface area (Å²) in [4.78, 5) is 39.3. The Morgan fingerprint density at radius 2 is 1.57 bits per heavy atom. The molecule has 2 aromatic rings. The number of rotatable bonds is 13. The number of alkyl carbamates (subject to hydrolysis) is 1. The number of hydrogen-bond donors (Lipinski definition) is 6. The van der Waals surface area contributed by atoms with Gasteiger partial charge in [-0.2, -0.15) is 0 Å². The quantitative estimate of drug-likeness (QED) is 0.220. The average molecular weight is 556 g/mol. The molecule has 0 aliphatic rings. The molecule has 2 aromatic carbocycles. The van der Waals surface area contributed by atoms with Gasteiger partial charge in [-0.15, -0.1) is 0 Å². The first-order chi connectivity index (χ1) is 18.8. The topological polar surface area (TPSA) is 169 Å². The lowest BCUT2D eigenvalue weighted by molar-refractivity contribution is -0.130. The number of nitrogens with two attached hydrogens (primary N) is 2. The molecule has 0 saturated heterocycles. The van der Waals surface area contributed by atoms with E-state index in [-0.39, 0.29) is 30.7 Å². The fourth-order valence-electron chi connectivity index (χ4n) is 4.36. The van der Waals surface area contributed by atoms with Crippen molar-refractivity contribution in [2.24, 2.45) is 11.5 Å². The monoisotopic (exact) mass is 555 g/mol. The Kier molecular flexibility index (Phi) is 12.4. The Morgan fingerprint density at radius 3 is 2.15 bits per heavy atom. The molecule has 0 spiro atoms. The van der Waals surface area contributed by atoms with Gasteiger partial charge in [-0.05, 0) is 94.8 Å². The molecule has 8 N–H and O–H groups in total. The zero-order chi connectivity index (χ0) is 29.9. The molecule has 3 unspecified atom stereocenters. The van der Waals surface area contributed by atoms with E-state index >= 15 is 0 Å². The number of carbonyl (C=O) groups excluding carboxylic acids is 3. The Balaban J connectivity index is 2.17. The van der Waals surface area contributed by atoms with E-state index in [0.29, 0.717) is 25.8 Å². The van der Waals surface area contributed by atoms with Crippen LogP contribution in [-0.4, -0.2) is 59.8 Å². The van der Waals surface area contributed by atoms with Crippen LogP contribution in [-0.2, 0) is 27.2 Å². The zero-order valence-electron chi connectivity index (χ0n) is 24.3. The fraction of sp³-hybridized carbons (Fsp3) is 0.500. The van der Waals surface area contributed by atoms with Gasteiger partial charge >= 0.3 is 6.09 Å². The second-order valence-electron chi connectivity index (χ2n) is 11.1. The number of ether oxygens (including phenoxy) is 1. The predicted molar refractivity (Wildman–Crippen MR) is 156 cm³/mol. The fourth-order valence-corrected chi connectivity index (χ4v) is 4.36. The van der Waals surface area contributed by atoms with E-state index in [1.807, 2.05) is 44.2 Å². The Morgan fingerprint density at radius 1 is 0.950 bits per heavy atom. The SMILES string of the molecule is Cc1cc(O)cc(C)c1CC(NC(=O)OC(C)(C)C)C(=O)NC(CCCN)C(=O)NCC(N)Cc1ccccc1. The number of hydrogen-bond acceptors (Lipinski definition) is 7. The third kappa shape index (κ3) is 11.2. The maximum atomic E-state index is 13.5. The van der Waals surface area contributed by atoms with Crippen molar-refractivity contribution in [2.45, 2.75) is 84.0 Å². The van der Waals surface area contributed by atoms with Crippen molar-refractivity contribution in [3.8, 4) is 5.75 Å². The van der Waals surface area contributed by atoms with Crippen LogP contribution < -0.4 is 27.4 Å². The molecule has 0 aromatic heterocycles. The van der Waals surface area contributed by atoms with Crippen LogP contribution in [0.25, 0.3) is 0 Å². The molecule has 0 saturated carbocycles. The summed E-state index contributed by atoms with van der Waals surface area (Å²) in [5.41, 5.74) is 14.6. The standard InChI is InChI=1S/C30H45N5O5/c1-19-14-23(36)15-20(2)24(19)17-26(35-29(39)40-30(3,4)5)28(38)34-25(12-9-13-31)27(37)33-18-22(32)16-21-10-7-6-8-11-21/h6-8,10-11,14-15,22,25-26,36H,9,12-13,16-18,31-32H2,1-5H3,(H,33,37)(H,34,38)(H,35,39). The number of aromatic hydroxyl groups is 1. The van der Waals surface area contributed by atoms with Crippen LogP contribution in [0, 0.1) is 13.8 Å². The van der Waals surface area contributed by atoms with Crippen molar-refractivity contribution in [3.05, 3.63) is 64.7 Å². The van der Waals surface area contributed by atoms with Gasteiger partial charge in [0.15, 0.2) is 0 Å². The van der Waals surface area contributed by atoms with Crippen LogP contribution in [0.2, 0.25) is 0 Å². The number of carbonyl (C=O) groups is 3. The highest BCUT2D eigenvalue weighted by Gasteiger charge is 2.29. The van der Waals surface area contributed by atoms with Gasteiger partial charge in [0.1, 0.15) is 23.4 Å². The second-order valence-corrected chi connectivity index (χ2v) is 11.1. The maximum absolute atomic E-state index is 13.5. The van der Waals surface area contributed by atoms with E-state index in [9.17, 15) is 19.5 Å². The molecule has 0 aliphatic carbocycles. The summed E-state index contributed by atoms with van der Waals surface area (Å²) in [6.07, 6.45) is 0.800. The van der Waals surface area contributed by atoms with E-state index < -0.39 is 29.7 Å². The third-order valence-electron chi connectivity index (χ3n) is 6.31. The van der Waals surface area contributed by atoms with Crippen molar-refractivity contribution in [1.82, 2.24) is 16.0 Å². The summed E-state index contributed by atoms with van der Waals surface area (Å²) < 4.78 is 5.39. The number of amides is 3. The second kappa shape index (κ2) is 15.2. The molecule has 10 nitrogen and oxygen atoms in total. The highest BCUT2D eigenvalue weighted by molar-refractivity contribution is 5.91. The van der Waals surface area contributed by atoms with Crippen LogP contribution in [0.15, 0.2) is 42.5 Å². The van der Waals surface area contributed by atoms with Crippen LogP contribution >= 0.6 is 0 Å². The molecule has 220 valence electrons. The predicted octanol–water partition coefficient (Wildman–Crippen LogP) is 2.35. The first-order valence-corrected chi connectivity index (χ1v) is 13.6. The molecule has 2 rings (SSSR count). The normalized spacial score (nSPS) is 13.6. The number of nitrogens with one attached hydrogen (secondary N) is 3. The number of phenols is 1. The molecule has 0 aliphatic heterocycles. The zero-order valence-corrected chi connectivity index (χ0v) is 24.3. The van der Waals surface area contributed by atoms with E-state index in [2.05, 4.69) is 16.0 Å². The van der Waals surface area contributed by atoms with Crippen LogP contribution in [0.5, 0.6) is 5.75 Å². The van der Waals surface area contributed by atoms with Crippen molar-refractivity contribution in [3.63, 3.8) is 0 Å². The minimum Gasteiger partial charge on any atom is -0.508 e. The Hall–Kier alpha value is -3.63. The van der Waals surface area contributed by atoms with Crippen molar-refractivity contribution in [1.29, 1.82) is 0 Å². The minimum absolute atomic E-state index is 0.115. The molecule has 0 heterocycles. The summed E-state index contributed by atoms with van der Waals surface area (Å²) in [7, 11) is 0. The Labute approximate surface area is 237 Å². The number of phenolic OH excluding ortho intramolecular Hbond substituents is 1. The van der Waals surface area contributed by atoms with Gasteiger partial charge in [0.05, 0.1) is 0 Å². The maximum Gasteiger partial charge on any atom is 0.408 e. The largest absolute Gasteiger partial charge is 0.508 e. The summed E-state index contributed by atoms with van der Waals surface area (Å²) >= 11 is 0. The van der Waals surface area contributed by atoms with E-state index in [1.165, 1.54) is 0 Å². The summed E-state index contributed by atoms with van der Waals surface area (Å²) in [5.74, 6) is -0.800. The van der Waals surface area contributed by atoms with Gasteiger partial charge in [-0.25, -0.2) is 4.79 Å². The molecule has 10 heteroatoms. The van der Waals surface area contributed by atoms with Gasteiger partial charge in [0.2, 0.25) is 11.8 Å². The summed E-state index contributed by atoms with van der Waals surface area (Å²) in [6, 6.07) is 10.7. The molecule has 3 amide bonds. The average Bonchev–Trinajstić information content (AvgIpc) is 2.85. The van der Waals surface area contributed by atoms with Gasteiger partial charge in [0, 0.05) is 19.0 Å². The molecular weight excluding hydrogens is 510 g/mol. The minimum atomic E-state index is -1.04. The van der Waals surface area contributed by atoms with Crippen LogP contribution in [0.3, 0.4) is 0 Å². The van der Waals surface area contributed by atoms with Gasteiger partial charge in [0.25, 0.3) is 0 Å². The summed E-state index contributed by atoms with van der Waals surface area (Å²) in [5, 5.41) is 18.2. The van der Waals surface area contributed by atoms with E-state index in [0.717, 1.165) is 22.3 Å². The van der Waals surface area contributed by atoms with Crippen LogP contribution in [0.4, 0.5) is 4.79 Å². The number of aryl methyl sites for hydroxylation is 2. The lowest BCUT2D eigenvalue weighted by Gasteiger charge is -2.26. The summed E-state index contributed by atoms with van der Waals surface area (Å²) in [6.45, 7) is 9.40. The smallest absolute Gasteiger partial charge is 0.408 e. The highest BCUT2D eigenvalue weighted by Crippen LogP contribution is 2.22. The molecule has 0 fully saturated rings. The van der Waals surface area contributed by atoms with Gasteiger partial charge in [-0.1, -0.05) is 30.3 Å². The molecule has 3 atom stereocenters.